The molecule has 0 unspecified atom stereocenters. The fourth-order valence-electron chi connectivity index (χ4n) is 2.42. The summed E-state index contributed by atoms with van der Waals surface area (Å²) in [5.41, 5.74) is 3.04. The number of aryl methyl sites for hydroxylation is 2. The molecule has 0 fully saturated rings. The molecule has 1 atom stereocenters. The highest BCUT2D eigenvalue weighted by molar-refractivity contribution is 6.31. The number of aromatic nitrogens is 2. The zero-order chi connectivity index (χ0) is 15.4. The zero-order valence-corrected chi connectivity index (χ0v) is 13.7. The van der Waals surface area contributed by atoms with Gasteiger partial charge in [0.1, 0.15) is 5.75 Å². The molecule has 2 rings (SSSR count). The average molecular weight is 308 g/mol. The first-order valence-corrected chi connectivity index (χ1v) is 7.54. The van der Waals surface area contributed by atoms with E-state index >= 15 is 0 Å². The third kappa shape index (κ3) is 3.39. The van der Waals surface area contributed by atoms with Gasteiger partial charge in [-0.2, -0.15) is 5.10 Å². The summed E-state index contributed by atoms with van der Waals surface area (Å²) < 4.78 is 7.35. The molecule has 4 nitrogen and oxygen atoms in total. The summed E-state index contributed by atoms with van der Waals surface area (Å²) in [7, 11) is 1.69. The third-order valence-electron chi connectivity index (χ3n) is 3.63. The Kier molecular flexibility index (Phi) is 5.26. The van der Waals surface area contributed by atoms with Gasteiger partial charge in [-0.25, -0.2) is 0 Å². The van der Waals surface area contributed by atoms with Crippen molar-refractivity contribution >= 4 is 11.6 Å². The largest absolute Gasteiger partial charge is 0.496 e. The van der Waals surface area contributed by atoms with Crippen LogP contribution in [0.3, 0.4) is 0 Å². The highest BCUT2D eigenvalue weighted by Crippen LogP contribution is 2.26. The van der Waals surface area contributed by atoms with E-state index in [2.05, 4.69) is 30.3 Å². The number of ether oxygens (including phenoxy) is 1. The summed E-state index contributed by atoms with van der Waals surface area (Å²) in [6.45, 7) is 7.60. The highest BCUT2D eigenvalue weighted by Gasteiger charge is 2.15. The van der Waals surface area contributed by atoms with E-state index in [1.54, 1.807) is 7.11 Å². The Morgan fingerprint density at radius 1 is 1.38 bits per heavy atom. The second kappa shape index (κ2) is 6.96. The van der Waals surface area contributed by atoms with E-state index in [-0.39, 0.29) is 6.04 Å². The number of nitrogens with one attached hydrogen (secondary N) is 1. The first kappa shape index (κ1) is 15.9. The minimum atomic E-state index is 0.165. The van der Waals surface area contributed by atoms with Gasteiger partial charge in [-0.05, 0) is 26.8 Å². The van der Waals surface area contributed by atoms with Gasteiger partial charge in [-0.1, -0.05) is 29.8 Å². The quantitative estimate of drug-likeness (QED) is 0.884. The van der Waals surface area contributed by atoms with E-state index in [4.69, 9.17) is 16.3 Å². The van der Waals surface area contributed by atoms with Crippen molar-refractivity contribution in [3.05, 3.63) is 46.2 Å². The van der Waals surface area contributed by atoms with Crippen molar-refractivity contribution in [1.29, 1.82) is 0 Å². The fourth-order valence-corrected chi connectivity index (χ4v) is 2.62. The van der Waals surface area contributed by atoms with Crippen LogP contribution in [0.15, 0.2) is 24.3 Å². The molecule has 1 N–H and O–H groups in total. The Bertz CT molecular complexity index is 610. The molecule has 5 heteroatoms. The van der Waals surface area contributed by atoms with Crippen LogP contribution in [-0.4, -0.2) is 16.9 Å². The van der Waals surface area contributed by atoms with E-state index in [1.807, 2.05) is 29.8 Å². The van der Waals surface area contributed by atoms with Gasteiger partial charge in [0, 0.05) is 24.7 Å². The van der Waals surface area contributed by atoms with Crippen LogP contribution in [0.25, 0.3) is 0 Å². The standard InChI is InChI=1S/C16H22ClN3O/c1-5-20-14(16(17)12(3)19-20)10-18-11(2)13-8-6-7-9-15(13)21-4/h6-9,11,18H,5,10H2,1-4H3/t11-/m0/s1. The molecule has 0 saturated heterocycles. The number of nitrogens with zero attached hydrogens (tertiary/aromatic N) is 2. The molecule has 0 spiro atoms. The van der Waals surface area contributed by atoms with Crippen molar-refractivity contribution in [3.63, 3.8) is 0 Å². The molecular formula is C16H22ClN3O. The lowest BCUT2D eigenvalue weighted by Crippen LogP contribution is -2.21. The number of hydrogen-bond donors (Lipinski definition) is 1. The van der Waals surface area contributed by atoms with Crippen LogP contribution in [0.1, 0.15) is 36.8 Å². The molecule has 0 aliphatic carbocycles. The summed E-state index contributed by atoms with van der Waals surface area (Å²) >= 11 is 6.33. The van der Waals surface area contributed by atoms with Gasteiger partial charge in [0.15, 0.2) is 0 Å². The van der Waals surface area contributed by atoms with E-state index in [0.717, 1.165) is 34.3 Å². The number of hydrogen-bond acceptors (Lipinski definition) is 3. The minimum absolute atomic E-state index is 0.165. The van der Waals surface area contributed by atoms with Gasteiger partial charge >= 0.3 is 0 Å². The molecule has 0 aliphatic heterocycles. The van der Waals surface area contributed by atoms with E-state index in [9.17, 15) is 0 Å². The maximum Gasteiger partial charge on any atom is 0.123 e. The van der Waals surface area contributed by atoms with E-state index < -0.39 is 0 Å². The monoisotopic (exact) mass is 307 g/mol. The second-order valence-electron chi connectivity index (χ2n) is 5.01. The van der Waals surface area contributed by atoms with Gasteiger partial charge < -0.3 is 10.1 Å². The lowest BCUT2D eigenvalue weighted by molar-refractivity contribution is 0.400. The fraction of sp³-hybridized carbons (Fsp3) is 0.438. The van der Waals surface area contributed by atoms with Gasteiger partial charge in [-0.3, -0.25) is 4.68 Å². The Hall–Kier alpha value is -1.52. The van der Waals surface area contributed by atoms with Gasteiger partial charge in [-0.15, -0.1) is 0 Å². The number of methoxy groups -OCH3 is 1. The number of halogens is 1. The van der Waals surface area contributed by atoms with Gasteiger partial charge in [0.25, 0.3) is 0 Å². The smallest absolute Gasteiger partial charge is 0.123 e. The van der Waals surface area contributed by atoms with Crippen LogP contribution in [0.4, 0.5) is 0 Å². The molecule has 0 saturated carbocycles. The molecule has 0 amide bonds. The molecule has 0 bridgehead atoms. The zero-order valence-electron chi connectivity index (χ0n) is 13.0. The van der Waals surface area contributed by atoms with Crippen molar-refractivity contribution in [1.82, 2.24) is 15.1 Å². The van der Waals surface area contributed by atoms with Crippen molar-refractivity contribution < 1.29 is 4.74 Å². The van der Waals surface area contributed by atoms with Crippen molar-refractivity contribution in [2.45, 2.75) is 39.9 Å². The number of benzene rings is 1. The predicted octanol–water partition coefficient (Wildman–Crippen LogP) is 3.72. The number of para-hydroxylation sites is 1. The first-order valence-electron chi connectivity index (χ1n) is 7.16. The molecule has 0 aliphatic rings. The topological polar surface area (TPSA) is 39.1 Å². The van der Waals surface area contributed by atoms with Crippen LogP contribution in [0, 0.1) is 6.92 Å². The molecular weight excluding hydrogens is 286 g/mol. The molecule has 1 aromatic heterocycles. The number of rotatable bonds is 6. The maximum absolute atomic E-state index is 6.33. The summed E-state index contributed by atoms with van der Waals surface area (Å²) in [5.74, 6) is 0.892. The minimum Gasteiger partial charge on any atom is -0.496 e. The molecule has 1 aromatic carbocycles. The second-order valence-corrected chi connectivity index (χ2v) is 5.38. The lowest BCUT2D eigenvalue weighted by Gasteiger charge is -2.17. The molecule has 21 heavy (non-hydrogen) atoms. The molecule has 1 heterocycles. The first-order chi connectivity index (χ1) is 10.1. The van der Waals surface area contributed by atoms with Crippen molar-refractivity contribution in [2.24, 2.45) is 0 Å². The maximum atomic E-state index is 6.33. The average Bonchev–Trinajstić information content (AvgIpc) is 2.79. The van der Waals surface area contributed by atoms with Crippen molar-refractivity contribution in [2.75, 3.05) is 7.11 Å². The van der Waals surface area contributed by atoms with Crippen LogP contribution in [0.5, 0.6) is 5.75 Å². The Balaban J connectivity index is 2.13. The SMILES string of the molecule is CCn1nc(C)c(Cl)c1CN[C@@H](C)c1ccccc1OC. The lowest BCUT2D eigenvalue weighted by atomic mass is 10.1. The van der Waals surface area contributed by atoms with Crippen LogP contribution < -0.4 is 10.1 Å². The van der Waals surface area contributed by atoms with E-state index in [0.29, 0.717) is 6.54 Å². The Morgan fingerprint density at radius 3 is 2.76 bits per heavy atom. The van der Waals surface area contributed by atoms with E-state index in [1.165, 1.54) is 0 Å². The summed E-state index contributed by atoms with van der Waals surface area (Å²) in [6.07, 6.45) is 0. The third-order valence-corrected chi connectivity index (χ3v) is 4.13. The molecule has 114 valence electrons. The Morgan fingerprint density at radius 2 is 2.10 bits per heavy atom. The summed E-state index contributed by atoms with van der Waals surface area (Å²) in [4.78, 5) is 0. The predicted molar refractivity (Wildman–Crippen MR) is 85.9 cm³/mol. The van der Waals surface area contributed by atoms with Crippen LogP contribution in [0.2, 0.25) is 5.02 Å². The van der Waals surface area contributed by atoms with Crippen molar-refractivity contribution in [3.8, 4) is 5.75 Å². The summed E-state index contributed by atoms with van der Waals surface area (Å²) in [6, 6.07) is 8.20. The summed E-state index contributed by atoms with van der Waals surface area (Å²) in [5, 5.41) is 8.67. The highest BCUT2D eigenvalue weighted by atomic mass is 35.5. The molecule has 0 radical (unpaired) electrons. The van der Waals surface area contributed by atoms with Crippen LogP contribution in [-0.2, 0) is 13.1 Å². The van der Waals surface area contributed by atoms with Gasteiger partial charge in [0.05, 0.1) is 23.5 Å². The van der Waals surface area contributed by atoms with Gasteiger partial charge in [0.2, 0.25) is 0 Å². The molecule has 2 aromatic rings. The van der Waals surface area contributed by atoms with Crippen LogP contribution >= 0.6 is 11.6 Å². The Labute approximate surface area is 131 Å². The normalized spacial score (nSPS) is 12.4.